The van der Waals surface area contributed by atoms with E-state index in [-0.39, 0.29) is 5.91 Å². The molecular weight excluding hydrogens is 402 g/mol. The normalized spacial score (nSPS) is 15.4. The number of rotatable bonds is 9. The second kappa shape index (κ2) is 12.8. The van der Waals surface area contributed by atoms with E-state index in [9.17, 15) is 4.79 Å². The third-order valence-corrected chi connectivity index (χ3v) is 5.87. The summed E-state index contributed by atoms with van der Waals surface area (Å²) in [6.45, 7) is 5.94. The highest BCUT2D eigenvalue weighted by Crippen LogP contribution is 2.28. The molecule has 0 saturated heterocycles. The Kier molecular flexibility index (Phi) is 10.1. The number of amides is 1. The molecule has 2 aromatic rings. The number of nitrogens with zero attached hydrogens (tertiary/aromatic N) is 2. The average molecular weight is 442 g/mol. The summed E-state index contributed by atoms with van der Waals surface area (Å²) in [6, 6.07) is 5.31. The van der Waals surface area contributed by atoms with Crippen molar-refractivity contribution in [1.82, 2.24) is 14.9 Å². The Hall–Kier alpha value is -2.96. The number of nitrogens with two attached hydrogens (primary N) is 2. The number of ether oxygens (including phenoxy) is 1. The minimum Gasteiger partial charge on any atom is -0.495 e. The van der Waals surface area contributed by atoms with E-state index >= 15 is 0 Å². The van der Waals surface area contributed by atoms with E-state index in [1.54, 1.807) is 19.6 Å². The van der Waals surface area contributed by atoms with Crippen LogP contribution in [-0.4, -0.2) is 28.6 Å². The molecule has 0 spiro atoms. The molecule has 32 heavy (non-hydrogen) atoms. The fraction of sp³-hybridized carbons (Fsp3) is 0.520. The second-order valence-electron chi connectivity index (χ2n) is 8.11. The van der Waals surface area contributed by atoms with Gasteiger partial charge >= 0.3 is 0 Å². The minimum atomic E-state index is -0.416. The van der Waals surface area contributed by atoms with Crippen molar-refractivity contribution in [2.75, 3.05) is 7.11 Å². The van der Waals surface area contributed by atoms with Crippen molar-refractivity contribution in [3.05, 3.63) is 48.2 Å². The van der Waals surface area contributed by atoms with Crippen molar-refractivity contribution >= 4 is 11.6 Å². The SMILES string of the molecule is CC.COc1cc(/C(N)=C/NC(CCC2CCCCC2)C(N)=O)ccc1-n1cnc(C)c1. The van der Waals surface area contributed by atoms with E-state index < -0.39 is 6.04 Å². The number of aromatic nitrogens is 2. The number of primary amides is 1. The number of carbonyl (C=O) groups excluding carboxylic acids is 1. The van der Waals surface area contributed by atoms with Crippen molar-refractivity contribution in [2.24, 2.45) is 17.4 Å². The predicted molar refractivity (Wildman–Crippen MR) is 130 cm³/mol. The van der Waals surface area contributed by atoms with E-state index in [0.717, 1.165) is 29.8 Å². The lowest BCUT2D eigenvalue weighted by molar-refractivity contribution is -0.120. The van der Waals surface area contributed by atoms with Crippen molar-refractivity contribution in [2.45, 2.75) is 71.8 Å². The zero-order valence-electron chi connectivity index (χ0n) is 19.9. The molecule has 1 atom stereocenters. The van der Waals surface area contributed by atoms with Crippen LogP contribution in [-0.2, 0) is 4.79 Å². The standard InChI is InChI=1S/C23H33N5O2.C2H6/c1-16-14-28(15-27-16)21-11-9-18(12-22(21)30-2)19(24)13-26-20(23(25)29)10-8-17-6-4-3-5-7-17;1-2/h9,11-15,17,20,26H,3-8,10,24H2,1-2H3,(H2,25,29);1-2H3/b19-13-;. The Balaban J connectivity index is 0.00000176. The maximum atomic E-state index is 11.9. The van der Waals surface area contributed by atoms with Gasteiger partial charge in [-0.25, -0.2) is 4.98 Å². The molecule has 1 unspecified atom stereocenters. The van der Waals surface area contributed by atoms with E-state index in [2.05, 4.69) is 10.3 Å². The van der Waals surface area contributed by atoms with Crippen LogP contribution in [0.1, 0.15) is 70.1 Å². The van der Waals surface area contributed by atoms with Crippen molar-refractivity contribution in [3.63, 3.8) is 0 Å². The Morgan fingerprint density at radius 3 is 2.59 bits per heavy atom. The Morgan fingerprint density at radius 1 is 1.28 bits per heavy atom. The number of carbonyl (C=O) groups is 1. The highest BCUT2D eigenvalue weighted by molar-refractivity contribution is 5.80. The van der Waals surface area contributed by atoms with E-state index in [4.69, 9.17) is 16.2 Å². The number of imidazole rings is 1. The zero-order chi connectivity index (χ0) is 23.5. The van der Waals surface area contributed by atoms with Gasteiger partial charge in [-0.15, -0.1) is 0 Å². The first-order valence-electron chi connectivity index (χ1n) is 11.7. The summed E-state index contributed by atoms with van der Waals surface area (Å²) in [4.78, 5) is 16.1. The van der Waals surface area contributed by atoms with Crippen LogP contribution in [0, 0.1) is 12.8 Å². The van der Waals surface area contributed by atoms with Gasteiger partial charge in [-0.2, -0.15) is 0 Å². The first-order chi connectivity index (χ1) is 15.5. The van der Waals surface area contributed by atoms with Crippen LogP contribution in [0.15, 0.2) is 36.9 Å². The molecule has 1 aromatic carbocycles. The van der Waals surface area contributed by atoms with Crippen molar-refractivity contribution in [1.29, 1.82) is 0 Å². The summed E-state index contributed by atoms with van der Waals surface area (Å²) in [5, 5.41) is 3.13. The number of methoxy groups -OCH3 is 1. The maximum Gasteiger partial charge on any atom is 0.239 e. The first kappa shape index (κ1) is 25.3. The Bertz CT molecular complexity index is 884. The molecule has 0 bridgehead atoms. The van der Waals surface area contributed by atoms with Crippen molar-refractivity contribution < 1.29 is 9.53 Å². The molecule has 1 aliphatic rings. The summed E-state index contributed by atoms with van der Waals surface area (Å²) in [7, 11) is 1.62. The number of nitrogens with one attached hydrogen (secondary N) is 1. The summed E-state index contributed by atoms with van der Waals surface area (Å²) in [6.07, 6.45) is 13.5. The molecule has 3 rings (SSSR count). The minimum absolute atomic E-state index is 0.349. The van der Waals surface area contributed by atoms with Crippen LogP contribution in [0.25, 0.3) is 11.4 Å². The molecule has 1 aliphatic carbocycles. The van der Waals surface area contributed by atoms with Gasteiger partial charge in [0.25, 0.3) is 0 Å². The molecule has 1 saturated carbocycles. The van der Waals surface area contributed by atoms with Crippen LogP contribution in [0.4, 0.5) is 0 Å². The first-order valence-corrected chi connectivity index (χ1v) is 11.7. The van der Waals surface area contributed by atoms with Gasteiger partial charge < -0.3 is 26.1 Å². The molecule has 1 amide bonds. The number of benzene rings is 1. The fourth-order valence-electron chi connectivity index (χ4n) is 4.08. The van der Waals surface area contributed by atoms with Gasteiger partial charge in [0.2, 0.25) is 5.91 Å². The van der Waals surface area contributed by atoms with Gasteiger partial charge in [-0.05, 0) is 37.8 Å². The monoisotopic (exact) mass is 441 g/mol. The molecule has 0 aliphatic heterocycles. The Morgan fingerprint density at radius 2 is 2.00 bits per heavy atom. The number of hydrogen-bond donors (Lipinski definition) is 3. The van der Waals surface area contributed by atoms with Gasteiger partial charge in [-0.1, -0.05) is 52.0 Å². The molecule has 1 aromatic heterocycles. The van der Waals surface area contributed by atoms with Gasteiger partial charge in [0.1, 0.15) is 11.8 Å². The van der Waals surface area contributed by atoms with E-state index in [1.165, 1.54) is 32.1 Å². The van der Waals surface area contributed by atoms with Crippen molar-refractivity contribution in [3.8, 4) is 11.4 Å². The molecule has 5 N–H and O–H groups in total. The van der Waals surface area contributed by atoms with E-state index in [1.807, 2.05) is 49.7 Å². The lowest BCUT2D eigenvalue weighted by Crippen LogP contribution is -2.39. The molecule has 0 radical (unpaired) electrons. The number of hydrogen-bond acceptors (Lipinski definition) is 5. The van der Waals surface area contributed by atoms with Crippen LogP contribution in [0.2, 0.25) is 0 Å². The second-order valence-corrected chi connectivity index (χ2v) is 8.11. The smallest absolute Gasteiger partial charge is 0.239 e. The van der Waals surface area contributed by atoms with Gasteiger partial charge in [-0.3, -0.25) is 4.79 Å². The topological polar surface area (TPSA) is 108 Å². The fourth-order valence-corrected chi connectivity index (χ4v) is 4.08. The summed E-state index contributed by atoms with van der Waals surface area (Å²) < 4.78 is 7.45. The molecule has 1 heterocycles. The van der Waals surface area contributed by atoms with Crippen LogP contribution in [0.3, 0.4) is 0 Å². The highest BCUT2D eigenvalue weighted by Gasteiger charge is 2.19. The highest BCUT2D eigenvalue weighted by atomic mass is 16.5. The predicted octanol–water partition coefficient (Wildman–Crippen LogP) is 4.28. The van der Waals surface area contributed by atoms with Gasteiger partial charge in [0, 0.05) is 18.0 Å². The van der Waals surface area contributed by atoms with Gasteiger partial charge in [0.05, 0.1) is 30.5 Å². The molecule has 7 heteroatoms. The molecule has 7 nitrogen and oxygen atoms in total. The number of aryl methyl sites for hydroxylation is 1. The quantitative estimate of drug-likeness (QED) is 0.538. The lowest BCUT2D eigenvalue weighted by atomic mass is 9.85. The summed E-state index contributed by atoms with van der Waals surface area (Å²) in [5.41, 5.74) is 15.0. The van der Waals surface area contributed by atoms with Crippen LogP contribution < -0.4 is 21.5 Å². The average Bonchev–Trinajstić information content (AvgIpc) is 3.26. The maximum absolute atomic E-state index is 11.9. The summed E-state index contributed by atoms with van der Waals surface area (Å²) in [5.74, 6) is 1.04. The third-order valence-electron chi connectivity index (χ3n) is 5.87. The third kappa shape index (κ3) is 7.04. The van der Waals surface area contributed by atoms with E-state index in [0.29, 0.717) is 17.4 Å². The largest absolute Gasteiger partial charge is 0.495 e. The molecule has 176 valence electrons. The lowest BCUT2D eigenvalue weighted by Gasteiger charge is -2.23. The zero-order valence-corrected chi connectivity index (χ0v) is 19.9. The Labute approximate surface area is 192 Å². The molecular formula is C25H39N5O2. The van der Waals surface area contributed by atoms with Crippen LogP contribution in [0.5, 0.6) is 5.75 Å². The summed E-state index contributed by atoms with van der Waals surface area (Å²) >= 11 is 0. The van der Waals surface area contributed by atoms with Crippen LogP contribution >= 0.6 is 0 Å². The molecule has 1 fully saturated rings. The van der Waals surface area contributed by atoms with Gasteiger partial charge in [0.15, 0.2) is 0 Å².